The van der Waals surface area contributed by atoms with Crippen molar-refractivity contribution in [2.24, 2.45) is 0 Å². The zero-order chi connectivity index (χ0) is 71.2. The van der Waals surface area contributed by atoms with Gasteiger partial charge in [0.15, 0.2) is 43.7 Å². The van der Waals surface area contributed by atoms with Crippen molar-refractivity contribution in [1.29, 1.82) is 0 Å². The molecule has 25 atom stereocenters. The van der Waals surface area contributed by atoms with Crippen LogP contribution in [0.25, 0.3) is 0 Å². The predicted molar refractivity (Wildman–Crippen MR) is 261 cm³/mol. The molecule has 0 aliphatic carbocycles. The molecule has 0 aromatic rings. The van der Waals surface area contributed by atoms with E-state index in [9.17, 15) is 111 Å². The molecule has 5 saturated heterocycles. The Morgan fingerprint density at radius 1 is 0.262 bits per heavy atom. The van der Waals surface area contributed by atoms with Crippen LogP contribution in [0.15, 0.2) is 0 Å². The van der Waals surface area contributed by atoms with Crippen LogP contribution in [0.1, 0.15) is 0 Å². The van der Waals surface area contributed by atoms with E-state index in [1.165, 1.54) is 0 Å². The van der Waals surface area contributed by atoms with E-state index in [1.807, 2.05) is 0 Å². The van der Waals surface area contributed by atoms with Crippen molar-refractivity contribution < 1.29 is 486 Å². The number of methoxy groups -OCH3 is 8. The molecule has 552 valence electrons. The summed E-state index contributed by atoms with van der Waals surface area (Å²) in [6.07, 6.45) is -61.9. The maximum absolute atomic E-state index is 13.2. The van der Waals surface area contributed by atoms with Gasteiger partial charge in [0.1, 0.15) is 110 Å². The maximum Gasteiger partial charge on any atom is 1.00 e. The zero-order valence-electron chi connectivity index (χ0n) is 57.4. The van der Waals surface area contributed by atoms with Gasteiger partial charge >= 0.3 is 266 Å². The Morgan fingerprint density at radius 2 is 0.476 bits per heavy atom. The Hall–Kier alpha value is 6.35. The molecule has 0 spiro atoms. The monoisotopic (exact) mass is 1730 g/mol. The van der Waals surface area contributed by atoms with Crippen molar-refractivity contribution in [2.45, 2.75) is 154 Å². The predicted octanol–water partition coefficient (Wildman–Crippen LogP) is -39.7. The van der Waals surface area contributed by atoms with Crippen LogP contribution in [0.2, 0.25) is 0 Å². The van der Waals surface area contributed by atoms with E-state index < -0.39 is 258 Å². The Bertz CT molecular complexity index is 3380. The third kappa shape index (κ3) is 36.1. The van der Waals surface area contributed by atoms with Crippen molar-refractivity contribution >= 4 is 84.7 Å². The second-order valence-electron chi connectivity index (χ2n) is 19.1. The fourth-order valence-electron chi connectivity index (χ4n) is 10.2. The standard InChI is InChI=1S/C38H64O49S7.9Na/c1-64-15-12(9-72-88(43,44)45)76-35(27(68-5)18(15)65-2)80-21-19(66-3)28(69-6)37(82-25(21)32(39)40)79-17-14(11-74-90(49,50)51)77-38(31(87-94(61,62)63)24(17)85-92(55,56)57)81-22-20(67-4)29(70-7)36(83-26(22)33(41)42)78-16-13(10-73-89(46,47)48)75-34(71-8)30(86-93(58,59)60)23(16)84-91(52,53)54;;;;;;;;;/h12-31,34-38H,9-11H2,1-8H3,(H,39,40)(H,41,42)(H,43,44,45)(H,46,47,48)(H,49,50,51)(H,52,53,54)(H,55,56,57)(H,58,59,60)(H,61,62,63);;;;;;;;;/q;9*+1/p-9. The van der Waals surface area contributed by atoms with Crippen LogP contribution in [-0.2, 0) is 192 Å². The maximum atomic E-state index is 13.2. The van der Waals surface area contributed by atoms with Gasteiger partial charge in [0.05, 0.1) is 31.8 Å². The van der Waals surface area contributed by atoms with Crippen LogP contribution in [0.4, 0.5) is 0 Å². The Balaban J connectivity index is -0.00000356. The van der Waals surface area contributed by atoms with Gasteiger partial charge in [0.25, 0.3) is 0 Å². The molecule has 5 fully saturated rings. The fourth-order valence-corrected chi connectivity index (χ4v) is 13.0. The Kier molecular flexibility index (Phi) is 58.5. The molecule has 5 rings (SSSR count). The molecule has 25 unspecified atom stereocenters. The number of carbonyl (C=O) groups excluding carboxylic acids is 2. The summed E-state index contributed by atoms with van der Waals surface area (Å²) in [5.74, 6) is -4.89. The van der Waals surface area contributed by atoms with E-state index in [4.69, 9.17) is 80.5 Å². The molecule has 0 N–H and O–H groups in total. The van der Waals surface area contributed by atoms with Crippen molar-refractivity contribution in [3.05, 3.63) is 0 Å². The average molecular weight is 1730 g/mol. The number of carboxylic acids is 2. The molecule has 5 heterocycles. The first-order chi connectivity index (χ1) is 43.2. The minimum Gasteiger partial charge on any atom is -0.726 e. The second-order valence-corrected chi connectivity index (χ2v) is 26.3. The quantitative estimate of drug-likeness (QED) is 0.0323. The van der Waals surface area contributed by atoms with E-state index in [0.717, 1.165) is 35.5 Å². The molecule has 49 nitrogen and oxygen atoms in total. The van der Waals surface area contributed by atoms with Crippen LogP contribution in [0.5, 0.6) is 0 Å². The van der Waals surface area contributed by atoms with Crippen molar-refractivity contribution in [2.75, 3.05) is 76.7 Å². The van der Waals surface area contributed by atoms with Gasteiger partial charge in [0.2, 0.25) is 72.8 Å². The number of aliphatic carboxylic acids is 2. The first-order valence-electron chi connectivity index (χ1n) is 25.2. The van der Waals surface area contributed by atoms with Crippen LogP contribution >= 0.6 is 0 Å². The molecule has 5 aliphatic rings. The summed E-state index contributed by atoms with van der Waals surface area (Å²) in [4.78, 5) is 26.2. The molecule has 0 radical (unpaired) electrons. The normalized spacial score (nSPS) is 34.3. The van der Waals surface area contributed by atoms with Crippen LogP contribution in [0.3, 0.4) is 0 Å². The number of hydrogen-bond donors (Lipinski definition) is 0. The van der Waals surface area contributed by atoms with Gasteiger partial charge < -0.3 is 132 Å². The smallest absolute Gasteiger partial charge is 0.726 e. The molecule has 5 aliphatic heterocycles. The van der Waals surface area contributed by atoms with Crippen molar-refractivity contribution in [1.82, 2.24) is 0 Å². The van der Waals surface area contributed by atoms with E-state index in [-0.39, 0.29) is 266 Å². The molecule has 0 aromatic heterocycles. The van der Waals surface area contributed by atoms with Crippen molar-refractivity contribution in [3.8, 4) is 0 Å². The topological polar surface area (TPSA) is 702 Å². The third-order valence-electron chi connectivity index (χ3n) is 13.6. The van der Waals surface area contributed by atoms with E-state index in [2.05, 4.69) is 29.3 Å². The molecular weight excluding hydrogens is 1670 g/mol. The summed E-state index contributed by atoms with van der Waals surface area (Å²) in [5.41, 5.74) is 0. The molecule has 0 aromatic carbocycles. The van der Waals surface area contributed by atoms with Gasteiger partial charge in [-0.25, -0.2) is 58.9 Å². The summed E-state index contributed by atoms with van der Waals surface area (Å²) in [7, 11) is -36.0. The largest absolute Gasteiger partial charge is 1.00 e. The first kappa shape index (κ1) is 118. The second kappa shape index (κ2) is 51.1. The molecule has 0 bridgehead atoms. The van der Waals surface area contributed by atoms with E-state index in [0.29, 0.717) is 21.3 Å². The molecular formula is C38H55Na9O49S7. The van der Waals surface area contributed by atoms with Gasteiger partial charge in [-0.05, 0) is 0 Å². The van der Waals surface area contributed by atoms with Gasteiger partial charge in [0, 0.05) is 56.9 Å². The van der Waals surface area contributed by atoms with Gasteiger partial charge in [-0.15, -0.1) is 0 Å². The molecule has 65 heteroatoms. The minimum atomic E-state index is -6.52. The first-order valence-corrected chi connectivity index (χ1v) is 34.5. The fraction of sp³-hybridized carbons (Fsp3) is 0.947. The number of rotatable bonds is 35. The minimum absolute atomic E-state index is 0. The van der Waals surface area contributed by atoms with Gasteiger partial charge in [-0.2, -0.15) is 0 Å². The van der Waals surface area contributed by atoms with Gasteiger partial charge in [-0.3, -0.25) is 29.3 Å². The Morgan fingerprint density at radius 3 is 0.718 bits per heavy atom. The third-order valence-corrected chi connectivity index (χ3v) is 16.7. The van der Waals surface area contributed by atoms with E-state index in [1.54, 1.807) is 0 Å². The number of ether oxygens (including phenoxy) is 17. The molecule has 103 heavy (non-hydrogen) atoms. The summed E-state index contributed by atoms with van der Waals surface area (Å²) >= 11 is 0. The number of hydrogen-bond acceptors (Lipinski definition) is 49. The number of carbonyl (C=O) groups is 2. The summed E-state index contributed by atoms with van der Waals surface area (Å²) in [5, 5.41) is 26.2. The van der Waals surface area contributed by atoms with Crippen molar-refractivity contribution in [3.63, 3.8) is 0 Å². The summed E-state index contributed by atoms with van der Waals surface area (Å²) in [6.45, 7) is -4.69. The van der Waals surface area contributed by atoms with Crippen LogP contribution in [-0.4, -0.2) is 333 Å². The molecule has 0 amide bonds. The van der Waals surface area contributed by atoms with E-state index >= 15 is 0 Å². The van der Waals surface area contributed by atoms with Crippen LogP contribution < -0.4 is 276 Å². The summed E-state index contributed by atoms with van der Waals surface area (Å²) in [6, 6.07) is 0. The molecule has 0 saturated carbocycles. The number of carboxylic acid groups (broad SMARTS) is 2. The Labute approximate surface area is 788 Å². The zero-order valence-corrected chi connectivity index (χ0v) is 81.1. The SMILES string of the molecule is COC1OC(COS(=O)(=O)[O-])C(OC2OC(C(=O)[O-])C(OC3OC(COS(=O)(=O)[O-])C(OC4OC(C(=O)[O-])C(OC5OC(COS(=O)(=O)[O-])C(OC)C(OC)C5OC)C(OC)C4OC)C(OS(=O)(=O)[O-])C3OS(=O)(=O)[O-])C(OC)C2OC)C(OS(=O)(=O)[O-])C1OS(=O)(=O)[O-].[Na+].[Na+].[Na+].[Na+].[Na+].[Na+].[Na+].[Na+].[Na+]. The summed E-state index contributed by atoms with van der Waals surface area (Å²) < 4.78 is 377. The van der Waals surface area contributed by atoms with Crippen LogP contribution in [0, 0.1) is 0 Å². The van der Waals surface area contributed by atoms with Gasteiger partial charge in [-0.1, -0.05) is 0 Å². The average Bonchev–Trinajstić information content (AvgIpc) is 0.762.